The zero-order valence-electron chi connectivity index (χ0n) is 17.3. The van der Waals surface area contributed by atoms with Crippen LogP contribution in [0.3, 0.4) is 0 Å². The van der Waals surface area contributed by atoms with Gasteiger partial charge in [0, 0.05) is 0 Å². The number of allylic oxidation sites excluding steroid dienone is 1. The third kappa shape index (κ3) is 3.95. The third-order valence-corrected chi connectivity index (χ3v) is 5.23. The number of aliphatic hydroxyl groups is 1. The monoisotopic (exact) mass is 434 g/mol. The highest BCUT2D eigenvalue weighted by molar-refractivity contribution is 5.89. The Balaban J connectivity index is 2.64. The van der Waals surface area contributed by atoms with Gasteiger partial charge in [-0.1, -0.05) is 42.5 Å². The molecule has 8 heteroatoms. The van der Waals surface area contributed by atoms with Gasteiger partial charge in [0.2, 0.25) is 0 Å². The quantitative estimate of drug-likeness (QED) is 0.527. The first-order chi connectivity index (χ1) is 13.3. The van der Waals surface area contributed by atoms with E-state index in [4.69, 9.17) is 4.74 Å². The number of hydrogen-bond acceptors (Lipinski definition) is 2. The van der Waals surface area contributed by atoms with Crippen LogP contribution in [-0.2, 0) is 10.3 Å². The van der Waals surface area contributed by atoms with Gasteiger partial charge < -0.3 is 9.84 Å². The van der Waals surface area contributed by atoms with E-state index < -0.39 is 29.2 Å². The van der Waals surface area contributed by atoms with E-state index in [1.54, 1.807) is 37.3 Å². The molecule has 0 bridgehead atoms. The Kier molecular flexibility index (Phi) is 5.87. The third-order valence-electron chi connectivity index (χ3n) is 5.23. The number of hydrogen-bond donors (Lipinski definition) is 1. The fraction of sp³-hybridized carbons (Fsp3) is 0.455. The molecule has 166 valence electrons. The van der Waals surface area contributed by atoms with E-state index >= 15 is 0 Å². The van der Waals surface area contributed by atoms with E-state index in [1.165, 1.54) is 13.8 Å². The lowest BCUT2D eigenvalue weighted by Gasteiger charge is -2.47. The van der Waals surface area contributed by atoms with E-state index in [9.17, 15) is 31.4 Å². The number of ether oxygens (including phenoxy) is 1. The number of benzene rings is 2. The smallest absolute Gasteiger partial charge is 0.371 e. The summed E-state index contributed by atoms with van der Waals surface area (Å²) in [4.78, 5) is 0. The zero-order valence-corrected chi connectivity index (χ0v) is 17.3. The number of halogens is 6. The van der Waals surface area contributed by atoms with E-state index in [0.717, 1.165) is 16.5 Å². The van der Waals surface area contributed by atoms with E-state index in [1.807, 2.05) is 6.07 Å². The van der Waals surface area contributed by atoms with Crippen molar-refractivity contribution < 1.29 is 36.2 Å². The SMILES string of the molecule is C=C(C)c1ccc2cccc(C(C)(C)OC(C)(C)C(O)(C(F)(F)F)C(F)(F)F)c2c1. The Morgan fingerprint density at radius 1 is 0.900 bits per heavy atom. The molecule has 0 saturated heterocycles. The Bertz CT molecular complexity index is 940. The molecule has 0 aliphatic rings. The summed E-state index contributed by atoms with van der Waals surface area (Å²) in [5, 5.41) is 11.2. The molecule has 0 aliphatic carbocycles. The lowest BCUT2D eigenvalue weighted by atomic mass is 9.82. The van der Waals surface area contributed by atoms with Crippen LogP contribution >= 0.6 is 0 Å². The van der Waals surface area contributed by atoms with Crippen LogP contribution in [-0.4, -0.2) is 28.7 Å². The van der Waals surface area contributed by atoms with Crippen molar-refractivity contribution in [1.29, 1.82) is 0 Å². The van der Waals surface area contributed by atoms with Crippen LogP contribution in [0, 0.1) is 0 Å². The highest BCUT2D eigenvalue weighted by Crippen LogP contribution is 2.52. The van der Waals surface area contributed by atoms with Gasteiger partial charge in [0.15, 0.2) is 0 Å². The molecule has 0 amide bonds. The summed E-state index contributed by atoms with van der Waals surface area (Å²) in [7, 11) is 0. The van der Waals surface area contributed by atoms with Crippen LogP contribution in [0.15, 0.2) is 43.0 Å². The molecule has 0 heterocycles. The lowest BCUT2D eigenvalue weighted by molar-refractivity contribution is -0.420. The minimum atomic E-state index is -6.00. The van der Waals surface area contributed by atoms with Crippen LogP contribution in [0.25, 0.3) is 16.3 Å². The maximum atomic E-state index is 13.4. The van der Waals surface area contributed by atoms with Gasteiger partial charge in [-0.25, -0.2) is 0 Å². The van der Waals surface area contributed by atoms with Crippen molar-refractivity contribution in [2.75, 3.05) is 0 Å². The van der Waals surface area contributed by atoms with E-state index in [2.05, 4.69) is 6.58 Å². The topological polar surface area (TPSA) is 29.5 Å². The van der Waals surface area contributed by atoms with Crippen LogP contribution in [0.4, 0.5) is 26.3 Å². The first-order valence-corrected chi connectivity index (χ1v) is 9.10. The van der Waals surface area contributed by atoms with Crippen LogP contribution < -0.4 is 0 Å². The first kappa shape index (κ1) is 24.2. The summed E-state index contributed by atoms with van der Waals surface area (Å²) >= 11 is 0. The van der Waals surface area contributed by atoms with Crippen LogP contribution in [0.5, 0.6) is 0 Å². The number of fused-ring (bicyclic) bond motifs is 1. The second-order valence-electron chi connectivity index (χ2n) is 8.35. The van der Waals surface area contributed by atoms with Crippen molar-refractivity contribution in [3.63, 3.8) is 0 Å². The van der Waals surface area contributed by atoms with E-state index in [-0.39, 0.29) is 0 Å². The molecule has 0 atom stereocenters. The highest BCUT2D eigenvalue weighted by atomic mass is 19.4. The molecule has 0 fully saturated rings. The second-order valence-corrected chi connectivity index (χ2v) is 8.35. The average molecular weight is 434 g/mol. The predicted octanol–water partition coefficient (Wildman–Crippen LogP) is 6.76. The summed E-state index contributed by atoms with van der Waals surface area (Å²) in [6, 6.07) is 10.3. The fourth-order valence-electron chi connectivity index (χ4n) is 3.67. The molecule has 0 unspecified atom stereocenters. The van der Waals surface area contributed by atoms with Gasteiger partial charge in [-0.05, 0) is 62.6 Å². The summed E-state index contributed by atoms with van der Waals surface area (Å²) in [6.07, 6.45) is -12.0. The molecule has 2 rings (SSSR count). The minimum Gasteiger partial charge on any atom is -0.371 e. The molecule has 0 radical (unpaired) electrons. The Hall–Kier alpha value is -2.06. The molecule has 2 aromatic rings. The standard InChI is InChI=1S/C22H24F6O2/c1-13(2)15-11-10-14-8-7-9-17(16(14)12-15)18(3,4)30-19(5,6)20(29,21(23,24)25)22(26,27)28/h7-12,29H,1H2,2-6H3. The summed E-state index contributed by atoms with van der Waals surface area (Å²) < 4.78 is 85.9. The highest BCUT2D eigenvalue weighted by Gasteiger charge is 2.78. The van der Waals surface area contributed by atoms with Gasteiger partial charge >= 0.3 is 12.4 Å². The molecular formula is C22H24F6O2. The molecule has 1 N–H and O–H groups in total. The van der Waals surface area contributed by atoms with Crippen molar-refractivity contribution in [3.05, 3.63) is 54.1 Å². The molecule has 2 nitrogen and oxygen atoms in total. The van der Waals surface area contributed by atoms with Crippen LogP contribution in [0.2, 0.25) is 0 Å². The zero-order chi connectivity index (χ0) is 23.3. The summed E-state index contributed by atoms with van der Waals surface area (Å²) in [5.74, 6) is 0. The molecule has 0 spiro atoms. The molecule has 0 saturated carbocycles. The molecule has 30 heavy (non-hydrogen) atoms. The van der Waals surface area contributed by atoms with Crippen molar-refractivity contribution >= 4 is 16.3 Å². The number of rotatable bonds is 5. The van der Waals surface area contributed by atoms with Crippen molar-refractivity contribution in [1.82, 2.24) is 0 Å². The predicted molar refractivity (Wildman–Crippen MR) is 104 cm³/mol. The molecule has 2 aromatic carbocycles. The minimum absolute atomic E-state index is 0.378. The lowest BCUT2D eigenvalue weighted by Crippen LogP contribution is -2.70. The normalized spacial score (nSPS) is 14.3. The summed E-state index contributed by atoms with van der Waals surface area (Å²) in [5.41, 5.74) is -7.84. The van der Waals surface area contributed by atoms with E-state index in [0.29, 0.717) is 24.8 Å². The van der Waals surface area contributed by atoms with Crippen molar-refractivity contribution in [3.8, 4) is 0 Å². The fourth-order valence-corrected chi connectivity index (χ4v) is 3.67. The summed E-state index contributed by atoms with van der Waals surface area (Å²) in [6.45, 7) is 9.53. The van der Waals surface area contributed by atoms with Crippen molar-refractivity contribution in [2.45, 2.75) is 63.8 Å². The Morgan fingerprint density at radius 3 is 1.90 bits per heavy atom. The molecule has 0 aliphatic heterocycles. The second kappa shape index (κ2) is 7.27. The van der Waals surface area contributed by atoms with Gasteiger partial charge in [-0.2, -0.15) is 26.3 Å². The van der Waals surface area contributed by atoms with Gasteiger partial charge in [0.1, 0.15) is 5.60 Å². The average Bonchev–Trinajstić information content (AvgIpc) is 2.56. The Morgan fingerprint density at radius 2 is 1.43 bits per heavy atom. The number of alkyl halides is 6. The van der Waals surface area contributed by atoms with Crippen LogP contribution in [0.1, 0.15) is 45.7 Å². The first-order valence-electron chi connectivity index (χ1n) is 9.10. The maximum Gasteiger partial charge on any atom is 0.429 e. The largest absolute Gasteiger partial charge is 0.429 e. The van der Waals surface area contributed by atoms with Gasteiger partial charge in [-0.3, -0.25) is 0 Å². The molecule has 0 aromatic heterocycles. The maximum absolute atomic E-state index is 13.4. The van der Waals surface area contributed by atoms with Gasteiger partial charge in [0.05, 0.1) is 5.60 Å². The van der Waals surface area contributed by atoms with Crippen molar-refractivity contribution in [2.24, 2.45) is 0 Å². The Labute approximate surface area is 171 Å². The molecular weight excluding hydrogens is 410 g/mol. The van der Waals surface area contributed by atoms with Gasteiger partial charge in [0.25, 0.3) is 5.60 Å². The van der Waals surface area contributed by atoms with Gasteiger partial charge in [-0.15, -0.1) is 0 Å².